The SMILES string of the molecule is C=C(C)C(=O)OCC(C)OCC(O)Cn1ccnc1C. The van der Waals surface area contributed by atoms with Gasteiger partial charge < -0.3 is 19.1 Å². The van der Waals surface area contributed by atoms with Crippen molar-refractivity contribution in [1.29, 1.82) is 0 Å². The van der Waals surface area contributed by atoms with Crippen molar-refractivity contribution in [3.05, 3.63) is 30.4 Å². The second-order valence-corrected chi connectivity index (χ2v) is 4.80. The van der Waals surface area contributed by atoms with E-state index in [0.717, 1.165) is 5.82 Å². The fourth-order valence-corrected chi connectivity index (χ4v) is 1.52. The smallest absolute Gasteiger partial charge is 0.333 e. The van der Waals surface area contributed by atoms with Crippen LogP contribution in [-0.4, -0.2) is 46.0 Å². The van der Waals surface area contributed by atoms with Gasteiger partial charge in [0.25, 0.3) is 0 Å². The average molecular weight is 282 g/mol. The van der Waals surface area contributed by atoms with E-state index >= 15 is 0 Å². The largest absolute Gasteiger partial charge is 0.460 e. The van der Waals surface area contributed by atoms with Crippen molar-refractivity contribution in [2.24, 2.45) is 0 Å². The Hall–Kier alpha value is -1.66. The Morgan fingerprint density at radius 2 is 2.25 bits per heavy atom. The Morgan fingerprint density at radius 3 is 2.80 bits per heavy atom. The number of rotatable bonds is 8. The molecule has 0 aliphatic rings. The molecule has 0 spiro atoms. The third-order valence-corrected chi connectivity index (χ3v) is 2.70. The average Bonchev–Trinajstić information content (AvgIpc) is 2.79. The van der Waals surface area contributed by atoms with Gasteiger partial charge in [-0.1, -0.05) is 6.58 Å². The monoisotopic (exact) mass is 282 g/mol. The van der Waals surface area contributed by atoms with Gasteiger partial charge >= 0.3 is 5.97 Å². The van der Waals surface area contributed by atoms with E-state index in [1.165, 1.54) is 0 Å². The Balaban J connectivity index is 2.23. The van der Waals surface area contributed by atoms with Crippen LogP contribution in [0.4, 0.5) is 0 Å². The van der Waals surface area contributed by atoms with Crippen LogP contribution in [0.5, 0.6) is 0 Å². The highest BCUT2D eigenvalue weighted by Crippen LogP contribution is 2.02. The van der Waals surface area contributed by atoms with E-state index in [1.807, 2.05) is 11.5 Å². The van der Waals surface area contributed by atoms with Crippen LogP contribution >= 0.6 is 0 Å². The van der Waals surface area contributed by atoms with Crippen LogP contribution in [0.2, 0.25) is 0 Å². The molecular weight excluding hydrogens is 260 g/mol. The van der Waals surface area contributed by atoms with Gasteiger partial charge in [-0.3, -0.25) is 0 Å². The minimum Gasteiger partial charge on any atom is -0.460 e. The zero-order valence-electron chi connectivity index (χ0n) is 12.2. The lowest BCUT2D eigenvalue weighted by Crippen LogP contribution is -2.27. The summed E-state index contributed by atoms with van der Waals surface area (Å²) in [5, 5.41) is 9.86. The standard InChI is InChI=1S/C14H22N2O4/c1-10(2)14(18)20-8-11(3)19-9-13(17)7-16-6-5-15-12(16)4/h5-6,11,13,17H,1,7-9H2,2-4H3. The van der Waals surface area contributed by atoms with E-state index in [2.05, 4.69) is 11.6 Å². The number of imidazole rings is 1. The predicted octanol–water partition coefficient (Wildman–Crippen LogP) is 1.08. The third kappa shape index (κ3) is 5.54. The molecule has 0 aromatic carbocycles. The van der Waals surface area contributed by atoms with Crippen LogP contribution in [0.25, 0.3) is 0 Å². The van der Waals surface area contributed by atoms with Crippen molar-refractivity contribution in [2.75, 3.05) is 13.2 Å². The number of esters is 1. The molecule has 6 heteroatoms. The van der Waals surface area contributed by atoms with Crippen molar-refractivity contribution in [3.63, 3.8) is 0 Å². The molecule has 2 atom stereocenters. The quantitative estimate of drug-likeness (QED) is 0.570. The molecule has 1 aromatic rings. The highest BCUT2D eigenvalue weighted by atomic mass is 16.6. The molecule has 20 heavy (non-hydrogen) atoms. The molecule has 0 saturated carbocycles. The molecule has 1 rings (SSSR count). The van der Waals surface area contributed by atoms with Crippen LogP contribution in [-0.2, 0) is 20.8 Å². The first-order chi connectivity index (χ1) is 9.40. The first-order valence-electron chi connectivity index (χ1n) is 6.50. The molecule has 0 amide bonds. The number of aromatic nitrogens is 2. The number of ether oxygens (including phenoxy) is 2. The van der Waals surface area contributed by atoms with E-state index < -0.39 is 12.1 Å². The highest BCUT2D eigenvalue weighted by molar-refractivity contribution is 5.86. The lowest BCUT2D eigenvalue weighted by Gasteiger charge is -2.17. The van der Waals surface area contributed by atoms with Gasteiger partial charge in [-0.2, -0.15) is 0 Å². The summed E-state index contributed by atoms with van der Waals surface area (Å²) in [6, 6.07) is 0. The van der Waals surface area contributed by atoms with Crippen LogP contribution in [0.15, 0.2) is 24.5 Å². The number of aliphatic hydroxyl groups is 1. The van der Waals surface area contributed by atoms with Crippen LogP contribution in [0.3, 0.4) is 0 Å². The van der Waals surface area contributed by atoms with E-state index in [-0.39, 0.29) is 19.3 Å². The summed E-state index contributed by atoms with van der Waals surface area (Å²) in [7, 11) is 0. The Morgan fingerprint density at radius 1 is 1.55 bits per heavy atom. The number of nitrogens with zero attached hydrogens (tertiary/aromatic N) is 2. The predicted molar refractivity (Wildman–Crippen MR) is 74.2 cm³/mol. The van der Waals surface area contributed by atoms with Gasteiger partial charge in [-0.25, -0.2) is 9.78 Å². The minimum atomic E-state index is -0.637. The second kappa shape index (κ2) is 7.81. The number of aryl methyl sites for hydroxylation is 1. The third-order valence-electron chi connectivity index (χ3n) is 2.70. The van der Waals surface area contributed by atoms with Gasteiger partial charge in [-0.15, -0.1) is 0 Å². The summed E-state index contributed by atoms with van der Waals surface area (Å²) in [4.78, 5) is 15.3. The summed E-state index contributed by atoms with van der Waals surface area (Å²) in [6.07, 6.45) is 2.57. The van der Waals surface area contributed by atoms with E-state index in [1.54, 1.807) is 26.2 Å². The zero-order chi connectivity index (χ0) is 15.1. The summed E-state index contributed by atoms with van der Waals surface area (Å²) in [6.45, 7) is 9.46. The molecule has 1 aromatic heterocycles. The molecule has 0 aliphatic carbocycles. The molecule has 112 valence electrons. The summed E-state index contributed by atoms with van der Waals surface area (Å²) < 4.78 is 12.2. The number of aliphatic hydroxyl groups excluding tert-OH is 1. The molecule has 0 radical (unpaired) electrons. The van der Waals surface area contributed by atoms with Crippen molar-refractivity contribution < 1.29 is 19.4 Å². The maximum atomic E-state index is 11.2. The van der Waals surface area contributed by atoms with Gasteiger partial charge in [0.05, 0.1) is 25.4 Å². The molecule has 0 bridgehead atoms. The molecular formula is C14H22N2O4. The topological polar surface area (TPSA) is 73.6 Å². The van der Waals surface area contributed by atoms with E-state index in [4.69, 9.17) is 9.47 Å². The van der Waals surface area contributed by atoms with E-state index in [0.29, 0.717) is 12.1 Å². The maximum absolute atomic E-state index is 11.2. The first-order valence-corrected chi connectivity index (χ1v) is 6.50. The van der Waals surface area contributed by atoms with Crippen molar-refractivity contribution in [1.82, 2.24) is 9.55 Å². The van der Waals surface area contributed by atoms with Crippen molar-refractivity contribution >= 4 is 5.97 Å². The molecule has 1 heterocycles. The van der Waals surface area contributed by atoms with Gasteiger partial charge in [0.1, 0.15) is 12.4 Å². The molecule has 2 unspecified atom stereocenters. The summed E-state index contributed by atoms with van der Waals surface area (Å²) >= 11 is 0. The van der Waals surface area contributed by atoms with Crippen molar-refractivity contribution in [3.8, 4) is 0 Å². The molecule has 6 nitrogen and oxygen atoms in total. The van der Waals surface area contributed by atoms with Gasteiger partial charge in [-0.05, 0) is 20.8 Å². The van der Waals surface area contributed by atoms with Gasteiger partial charge in [0, 0.05) is 18.0 Å². The Kier molecular flexibility index (Phi) is 6.41. The van der Waals surface area contributed by atoms with Gasteiger partial charge in [0.2, 0.25) is 0 Å². The highest BCUT2D eigenvalue weighted by Gasteiger charge is 2.12. The Labute approximate surface area is 119 Å². The summed E-state index contributed by atoms with van der Waals surface area (Å²) in [5.41, 5.74) is 0.354. The molecule has 0 fully saturated rings. The molecule has 0 saturated heterocycles. The van der Waals surface area contributed by atoms with Gasteiger partial charge in [0.15, 0.2) is 0 Å². The lowest BCUT2D eigenvalue weighted by atomic mass is 10.3. The molecule has 1 N–H and O–H groups in total. The van der Waals surface area contributed by atoms with Crippen LogP contribution < -0.4 is 0 Å². The van der Waals surface area contributed by atoms with E-state index in [9.17, 15) is 9.90 Å². The van der Waals surface area contributed by atoms with Crippen LogP contribution in [0.1, 0.15) is 19.7 Å². The second-order valence-electron chi connectivity index (χ2n) is 4.80. The lowest BCUT2D eigenvalue weighted by molar-refractivity contribution is -0.143. The summed E-state index contributed by atoms with van der Waals surface area (Å²) in [5.74, 6) is 0.405. The van der Waals surface area contributed by atoms with Crippen molar-refractivity contribution in [2.45, 2.75) is 39.5 Å². The number of hydrogen-bond acceptors (Lipinski definition) is 5. The zero-order valence-corrected chi connectivity index (χ0v) is 12.2. The van der Waals surface area contributed by atoms with Crippen LogP contribution in [0, 0.1) is 6.92 Å². The number of carbonyl (C=O) groups excluding carboxylic acids is 1. The first kappa shape index (κ1) is 16.4. The molecule has 0 aliphatic heterocycles. The number of carbonyl (C=O) groups is 1. The Bertz CT molecular complexity index is 456. The fourth-order valence-electron chi connectivity index (χ4n) is 1.52. The fraction of sp³-hybridized carbons (Fsp3) is 0.571. The maximum Gasteiger partial charge on any atom is 0.333 e. The normalized spacial score (nSPS) is 13.8. The minimum absolute atomic E-state index is 0.141. The number of hydrogen-bond donors (Lipinski definition) is 1.